The van der Waals surface area contributed by atoms with Gasteiger partial charge in [-0.15, -0.1) is 0 Å². The van der Waals surface area contributed by atoms with Crippen LogP contribution in [0.2, 0.25) is 0 Å². The van der Waals surface area contributed by atoms with Crippen LogP contribution in [0.5, 0.6) is 17.2 Å². The average molecular weight is 390 g/mol. The average Bonchev–Trinajstić information content (AvgIpc) is 3.08. The van der Waals surface area contributed by atoms with Crippen LogP contribution >= 0.6 is 0 Å². The maximum atomic E-state index is 12.3. The fourth-order valence-corrected chi connectivity index (χ4v) is 4.00. The van der Waals surface area contributed by atoms with E-state index in [1.165, 1.54) is 7.11 Å². The maximum absolute atomic E-state index is 12.3. The van der Waals surface area contributed by atoms with Gasteiger partial charge in [0.25, 0.3) is 0 Å². The molecule has 4 rings (SSSR count). The third-order valence-corrected chi connectivity index (χ3v) is 5.10. The number of sulfonamides is 1. The molecule has 8 nitrogen and oxygen atoms in total. The number of carbonyl (C=O) groups is 1. The molecule has 9 heteroatoms. The van der Waals surface area contributed by atoms with Crippen LogP contribution in [-0.2, 0) is 14.8 Å². The molecule has 0 saturated carbocycles. The minimum absolute atomic E-state index is 0.127. The number of benzene rings is 2. The van der Waals surface area contributed by atoms with Crippen molar-refractivity contribution in [1.29, 1.82) is 0 Å². The highest BCUT2D eigenvalue weighted by Gasteiger charge is 2.32. The molecular weight excluding hydrogens is 372 g/mol. The Morgan fingerprint density at radius 1 is 1.22 bits per heavy atom. The van der Waals surface area contributed by atoms with E-state index in [1.54, 1.807) is 18.2 Å². The monoisotopic (exact) mass is 390 g/mol. The number of carbonyl (C=O) groups excluding carboxylic acids is 1. The lowest BCUT2D eigenvalue weighted by atomic mass is 9.84. The molecule has 0 spiro atoms. The van der Waals surface area contributed by atoms with Crippen molar-refractivity contribution in [3.8, 4) is 17.2 Å². The molecule has 2 aromatic rings. The Balaban J connectivity index is 1.87. The van der Waals surface area contributed by atoms with Gasteiger partial charge in [0.2, 0.25) is 22.7 Å². The van der Waals surface area contributed by atoms with Crippen LogP contribution in [0, 0.1) is 0 Å². The van der Waals surface area contributed by atoms with E-state index >= 15 is 0 Å². The van der Waals surface area contributed by atoms with Crippen molar-refractivity contribution in [2.45, 2.75) is 12.3 Å². The number of ether oxygens (including phenoxy) is 3. The molecule has 0 bridgehead atoms. The first-order valence-corrected chi connectivity index (χ1v) is 10.1. The largest absolute Gasteiger partial charge is 0.494 e. The standard InChI is InChI=1S/C18H18N2O6S/c1-24-16-8-13-12(6-14(16)20-27(2,22)23)11(7-17(21)19-13)10-4-3-5-15-18(10)26-9-25-15/h3-6,8,11,20H,7,9H2,1-2H3,(H,19,21)/t11-/m1/s1. The van der Waals surface area contributed by atoms with Gasteiger partial charge in [0.1, 0.15) is 5.75 Å². The van der Waals surface area contributed by atoms with Crippen LogP contribution in [-0.4, -0.2) is 34.5 Å². The first-order chi connectivity index (χ1) is 12.9. The number of hydrogen-bond acceptors (Lipinski definition) is 6. The molecule has 0 fully saturated rings. The Morgan fingerprint density at radius 2 is 2.04 bits per heavy atom. The molecule has 142 valence electrons. The number of anilines is 2. The summed E-state index contributed by atoms with van der Waals surface area (Å²) >= 11 is 0. The molecular formula is C18H18N2O6S. The smallest absolute Gasteiger partial charge is 0.231 e. The van der Waals surface area contributed by atoms with Crippen molar-refractivity contribution < 1.29 is 27.4 Å². The van der Waals surface area contributed by atoms with Crippen LogP contribution < -0.4 is 24.2 Å². The van der Waals surface area contributed by atoms with Gasteiger partial charge in [0, 0.05) is 29.7 Å². The fraction of sp³-hybridized carbons (Fsp3) is 0.278. The molecule has 2 aromatic carbocycles. The van der Waals surface area contributed by atoms with Gasteiger partial charge in [0.05, 0.1) is 19.1 Å². The highest BCUT2D eigenvalue weighted by Crippen LogP contribution is 2.47. The first kappa shape index (κ1) is 17.5. The third kappa shape index (κ3) is 3.25. The van der Waals surface area contributed by atoms with Crippen molar-refractivity contribution in [2.75, 3.05) is 30.2 Å². The van der Waals surface area contributed by atoms with E-state index in [1.807, 2.05) is 12.1 Å². The zero-order valence-corrected chi connectivity index (χ0v) is 15.6. The van der Waals surface area contributed by atoms with Crippen LogP contribution in [0.4, 0.5) is 11.4 Å². The lowest BCUT2D eigenvalue weighted by molar-refractivity contribution is -0.116. The molecule has 0 saturated heterocycles. The van der Waals surface area contributed by atoms with E-state index < -0.39 is 10.0 Å². The second-order valence-corrected chi connectivity index (χ2v) is 8.15. The Kier molecular flexibility index (Phi) is 4.11. The molecule has 0 aromatic heterocycles. The summed E-state index contributed by atoms with van der Waals surface area (Å²) in [6.45, 7) is 0.127. The number of rotatable bonds is 4. The number of amides is 1. The molecule has 0 unspecified atom stereocenters. The SMILES string of the molecule is COc1cc2c(cc1NS(C)(=O)=O)[C@@H](c1cccc3c1OCO3)CC(=O)N2. The Morgan fingerprint density at radius 3 is 2.78 bits per heavy atom. The zero-order chi connectivity index (χ0) is 19.2. The number of fused-ring (bicyclic) bond motifs is 2. The summed E-state index contributed by atoms with van der Waals surface area (Å²) in [5, 5.41) is 2.82. The second-order valence-electron chi connectivity index (χ2n) is 6.40. The Bertz CT molecular complexity index is 1030. The van der Waals surface area contributed by atoms with Crippen molar-refractivity contribution >= 4 is 27.3 Å². The summed E-state index contributed by atoms with van der Waals surface area (Å²) in [6.07, 6.45) is 1.28. The summed E-state index contributed by atoms with van der Waals surface area (Å²) in [5.74, 6) is 1.10. The van der Waals surface area contributed by atoms with Crippen LogP contribution in [0.25, 0.3) is 0 Å². The molecule has 1 amide bonds. The minimum Gasteiger partial charge on any atom is -0.494 e. The summed E-state index contributed by atoms with van der Waals surface area (Å²) in [5.41, 5.74) is 2.47. The molecule has 0 radical (unpaired) electrons. The molecule has 27 heavy (non-hydrogen) atoms. The minimum atomic E-state index is -3.50. The zero-order valence-electron chi connectivity index (χ0n) is 14.7. The van der Waals surface area contributed by atoms with Crippen molar-refractivity contribution in [3.63, 3.8) is 0 Å². The number of para-hydroxylation sites is 1. The van der Waals surface area contributed by atoms with Crippen LogP contribution in [0.1, 0.15) is 23.5 Å². The first-order valence-electron chi connectivity index (χ1n) is 8.24. The van der Waals surface area contributed by atoms with Crippen molar-refractivity contribution in [1.82, 2.24) is 0 Å². The van der Waals surface area contributed by atoms with Gasteiger partial charge in [0.15, 0.2) is 11.5 Å². The molecule has 2 N–H and O–H groups in total. The van der Waals surface area contributed by atoms with Gasteiger partial charge in [-0.25, -0.2) is 8.42 Å². The van der Waals surface area contributed by atoms with Gasteiger partial charge in [-0.3, -0.25) is 9.52 Å². The number of methoxy groups -OCH3 is 1. The highest BCUT2D eigenvalue weighted by atomic mass is 32.2. The lowest BCUT2D eigenvalue weighted by Crippen LogP contribution is -2.24. The van der Waals surface area contributed by atoms with Gasteiger partial charge in [-0.05, 0) is 17.7 Å². The number of nitrogens with one attached hydrogen (secondary N) is 2. The third-order valence-electron chi connectivity index (χ3n) is 4.51. The number of hydrogen-bond donors (Lipinski definition) is 2. The summed E-state index contributed by atoms with van der Waals surface area (Å²) in [7, 11) is -2.06. The molecule has 0 aliphatic carbocycles. The quantitative estimate of drug-likeness (QED) is 0.830. The molecule has 2 aliphatic heterocycles. The Hall–Kier alpha value is -2.94. The second kappa shape index (κ2) is 6.34. The van der Waals surface area contributed by atoms with Crippen molar-refractivity contribution in [3.05, 3.63) is 41.5 Å². The molecule has 2 heterocycles. The van der Waals surface area contributed by atoms with E-state index in [2.05, 4.69) is 10.0 Å². The Labute approximate surface area is 156 Å². The van der Waals surface area contributed by atoms with Crippen LogP contribution in [0.3, 0.4) is 0 Å². The normalized spacial score (nSPS) is 17.9. The van der Waals surface area contributed by atoms with Crippen molar-refractivity contribution in [2.24, 2.45) is 0 Å². The molecule has 2 aliphatic rings. The van der Waals surface area contributed by atoms with Crippen LogP contribution in [0.15, 0.2) is 30.3 Å². The predicted octanol–water partition coefficient (Wildman–Crippen LogP) is 2.27. The highest BCUT2D eigenvalue weighted by molar-refractivity contribution is 7.92. The predicted molar refractivity (Wildman–Crippen MR) is 99.1 cm³/mol. The van der Waals surface area contributed by atoms with E-state index in [0.29, 0.717) is 28.6 Å². The topological polar surface area (TPSA) is 103 Å². The van der Waals surface area contributed by atoms with Gasteiger partial charge in [-0.1, -0.05) is 12.1 Å². The lowest BCUT2D eigenvalue weighted by Gasteiger charge is -2.28. The van der Waals surface area contributed by atoms with Gasteiger partial charge in [-0.2, -0.15) is 0 Å². The van der Waals surface area contributed by atoms with E-state index in [4.69, 9.17) is 14.2 Å². The maximum Gasteiger partial charge on any atom is 0.231 e. The van der Waals surface area contributed by atoms with E-state index in [-0.39, 0.29) is 25.0 Å². The summed E-state index contributed by atoms with van der Waals surface area (Å²) in [4.78, 5) is 12.3. The van der Waals surface area contributed by atoms with Gasteiger partial charge >= 0.3 is 0 Å². The summed E-state index contributed by atoms with van der Waals surface area (Å²) < 4.78 is 42.2. The van der Waals surface area contributed by atoms with E-state index in [0.717, 1.165) is 17.4 Å². The van der Waals surface area contributed by atoms with Gasteiger partial charge < -0.3 is 19.5 Å². The molecule has 1 atom stereocenters. The van der Waals surface area contributed by atoms with E-state index in [9.17, 15) is 13.2 Å². The fourth-order valence-electron chi connectivity index (χ4n) is 3.44. The summed E-state index contributed by atoms with van der Waals surface area (Å²) in [6, 6.07) is 8.84.